The van der Waals surface area contributed by atoms with Crippen molar-refractivity contribution in [1.82, 2.24) is 9.78 Å². The number of Topliss-reactive ketones (excluding diaryl/α,β-unsaturated/α-hetero) is 1. The molecule has 100 valence electrons. The van der Waals surface area contributed by atoms with Crippen LogP contribution in [0.25, 0.3) is 0 Å². The van der Waals surface area contributed by atoms with Gasteiger partial charge in [0.2, 0.25) is 0 Å². The Balaban J connectivity index is 2.14. The largest absolute Gasteiger partial charge is 0.454 e. The number of hydrogen-bond acceptors (Lipinski definition) is 2. The third-order valence-corrected chi connectivity index (χ3v) is 3.13. The lowest BCUT2D eigenvalue weighted by Crippen LogP contribution is -2.22. The summed E-state index contributed by atoms with van der Waals surface area (Å²) in [6, 6.07) is 7.49. The standard InChI is InChI=1S/C12H8F3IN2O/c13-12(14,15)11(19)9-5-17-18(7-9)6-8-1-3-10(16)4-2-8/h1-5,7H,6H2. The van der Waals surface area contributed by atoms with E-state index in [0.29, 0.717) is 6.54 Å². The minimum Gasteiger partial charge on any atom is -0.284 e. The zero-order valence-electron chi connectivity index (χ0n) is 9.49. The molecule has 3 nitrogen and oxygen atoms in total. The van der Waals surface area contributed by atoms with Crippen molar-refractivity contribution in [2.24, 2.45) is 0 Å². The third kappa shape index (κ3) is 3.55. The Morgan fingerprint density at radius 3 is 2.47 bits per heavy atom. The Labute approximate surface area is 120 Å². The molecule has 0 fully saturated rings. The molecule has 2 rings (SSSR count). The van der Waals surface area contributed by atoms with Crippen LogP contribution in [0.1, 0.15) is 15.9 Å². The minimum absolute atomic E-state index is 0.321. The Morgan fingerprint density at radius 1 is 1.26 bits per heavy atom. The van der Waals surface area contributed by atoms with Crippen molar-refractivity contribution < 1.29 is 18.0 Å². The van der Waals surface area contributed by atoms with Crippen LogP contribution in [0, 0.1) is 3.57 Å². The van der Waals surface area contributed by atoms with Gasteiger partial charge in [0.25, 0.3) is 5.78 Å². The quantitative estimate of drug-likeness (QED) is 0.605. The van der Waals surface area contributed by atoms with E-state index in [-0.39, 0.29) is 0 Å². The van der Waals surface area contributed by atoms with Crippen molar-refractivity contribution in [2.45, 2.75) is 12.7 Å². The first-order valence-electron chi connectivity index (χ1n) is 5.24. The number of carbonyl (C=O) groups is 1. The van der Waals surface area contributed by atoms with Crippen LogP contribution in [0.5, 0.6) is 0 Å². The van der Waals surface area contributed by atoms with E-state index in [2.05, 4.69) is 27.7 Å². The van der Waals surface area contributed by atoms with Gasteiger partial charge < -0.3 is 0 Å². The maximum Gasteiger partial charge on any atom is 0.454 e. The molecule has 2 aromatic rings. The summed E-state index contributed by atoms with van der Waals surface area (Å²) in [6.45, 7) is 0.321. The maximum absolute atomic E-state index is 12.2. The summed E-state index contributed by atoms with van der Waals surface area (Å²) >= 11 is 2.16. The van der Waals surface area contributed by atoms with Crippen molar-refractivity contribution in [3.8, 4) is 0 Å². The third-order valence-electron chi connectivity index (χ3n) is 2.41. The predicted molar refractivity (Wildman–Crippen MR) is 70.9 cm³/mol. The summed E-state index contributed by atoms with van der Waals surface area (Å²) in [6.07, 6.45) is -2.83. The molecule has 0 saturated heterocycles. The van der Waals surface area contributed by atoms with Gasteiger partial charge in [0.05, 0.1) is 18.3 Å². The van der Waals surface area contributed by atoms with Crippen molar-refractivity contribution in [3.63, 3.8) is 0 Å². The first kappa shape index (κ1) is 14.0. The van der Waals surface area contributed by atoms with E-state index in [1.54, 1.807) is 0 Å². The zero-order chi connectivity index (χ0) is 14.0. The first-order valence-corrected chi connectivity index (χ1v) is 6.32. The minimum atomic E-state index is -4.86. The number of aromatic nitrogens is 2. The molecule has 0 N–H and O–H groups in total. The van der Waals surface area contributed by atoms with Gasteiger partial charge in [0.1, 0.15) is 0 Å². The molecular weight excluding hydrogens is 372 g/mol. The number of carbonyl (C=O) groups excluding carboxylic acids is 1. The highest BCUT2D eigenvalue weighted by molar-refractivity contribution is 14.1. The molecule has 7 heteroatoms. The van der Waals surface area contributed by atoms with Gasteiger partial charge in [0.15, 0.2) is 0 Å². The molecule has 0 aliphatic heterocycles. The maximum atomic E-state index is 12.2. The molecule has 0 aliphatic carbocycles. The molecule has 1 aromatic carbocycles. The van der Waals surface area contributed by atoms with Crippen LogP contribution in [-0.2, 0) is 6.54 Å². The Morgan fingerprint density at radius 2 is 1.89 bits per heavy atom. The van der Waals surface area contributed by atoms with Crippen molar-refractivity contribution in [1.29, 1.82) is 0 Å². The van der Waals surface area contributed by atoms with Gasteiger partial charge in [0, 0.05) is 9.77 Å². The highest BCUT2D eigenvalue weighted by Gasteiger charge is 2.39. The average Bonchev–Trinajstić information content (AvgIpc) is 2.78. The first-order chi connectivity index (χ1) is 8.86. The van der Waals surface area contributed by atoms with Crippen LogP contribution in [0.2, 0.25) is 0 Å². The van der Waals surface area contributed by atoms with Crippen LogP contribution >= 0.6 is 22.6 Å². The number of nitrogens with zero attached hydrogens (tertiary/aromatic N) is 2. The van der Waals surface area contributed by atoms with Crippen LogP contribution in [0.4, 0.5) is 13.2 Å². The van der Waals surface area contributed by atoms with Crippen LogP contribution < -0.4 is 0 Å². The lowest BCUT2D eigenvalue weighted by molar-refractivity contribution is -0.0885. The fourth-order valence-corrected chi connectivity index (χ4v) is 1.87. The van der Waals surface area contributed by atoms with Crippen molar-refractivity contribution >= 4 is 28.4 Å². The van der Waals surface area contributed by atoms with Gasteiger partial charge in [-0.25, -0.2) is 0 Å². The number of ketones is 1. The van der Waals surface area contributed by atoms with E-state index in [9.17, 15) is 18.0 Å². The van der Waals surface area contributed by atoms with E-state index in [1.165, 1.54) is 4.68 Å². The van der Waals surface area contributed by atoms with Crippen LogP contribution in [0.3, 0.4) is 0 Å². The molecule has 0 spiro atoms. The molecule has 0 atom stereocenters. The lowest BCUT2D eigenvalue weighted by Gasteiger charge is -2.03. The molecule has 0 amide bonds. The number of benzene rings is 1. The fraction of sp³-hybridized carbons (Fsp3) is 0.167. The second kappa shape index (κ2) is 5.32. The number of alkyl halides is 3. The normalized spacial score (nSPS) is 11.6. The number of halogens is 4. The number of rotatable bonds is 3. The van der Waals surface area contributed by atoms with Crippen LogP contribution in [-0.4, -0.2) is 21.7 Å². The summed E-state index contributed by atoms with van der Waals surface area (Å²) in [5.41, 5.74) is 0.451. The topological polar surface area (TPSA) is 34.9 Å². The molecule has 0 unspecified atom stereocenters. The molecule has 19 heavy (non-hydrogen) atoms. The second-order valence-corrected chi connectivity index (χ2v) is 5.13. The van der Waals surface area contributed by atoms with E-state index >= 15 is 0 Å². The van der Waals surface area contributed by atoms with Gasteiger partial charge in [-0.3, -0.25) is 9.48 Å². The fourth-order valence-electron chi connectivity index (χ4n) is 1.51. The zero-order valence-corrected chi connectivity index (χ0v) is 11.6. The SMILES string of the molecule is O=C(c1cnn(Cc2ccc(I)cc2)c1)C(F)(F)F. The molecule has 1 aromatic heterocycles. The molecule has 0 saturated carbocycles. The molecule has 1 heterocycles. The van der Waals surface area contributed by atoms with Gasteiger partial charge in [-0.1, -0.05) is 12.1 Å². The van der Waals surface area contributed by atoms with E-state index in [4.69, 9.17) is 0 Å². The molecule has 0 radical (unpaired) electrons. The highest BCUT2D eigenvalue weighted by Crippen LogP contribution is 2.21. The summed E-state index contributed by atoms with van der Waals surface area (Å²) in [7, 11) is 0. The average molecular weight is 380 g/mol. The molecule has 0 aliphatic rings. The monoisotopic (exact) mass is 380 g/mol. The Bertz CT molecular complexity index is 590. The van der Waals surface area contributed by atoms with Gasteiger partial charge in [-0.15, -0.1) is 0 Å². The summed E-state index contributed by atoms with van der Waals surface area (Å²) < 4.78 is 39.1. The summed E-state index contributed by atoms with van der Waals surface area (Å²) in [4.78, 5) is 11.0. The summed E-state index contributed by atoms with van der Waals surface area (Å²) in [5.74, 6) is -1.87. The summed E-state index contributed by atoms with van der Waals surface area (Å²) in [5, 5.41) is 3.76. The number of hydrogen-bond donors (Lipinski definition) is 0. The lowest BCUT2D eigenvalue weighted by atomic mass is 10.2. The van der Waals surface area contributed by atoms with Gasteiger partial charge in [-0.2, -0.15) is 18.3 Å². The van der Waals surface area contributed by atoms with Crippen molar-refractivity contribution in [2.75, 3.05) is 0 Å². The highest BCUT2D eigenvalue weighted by atomic mass is 127. The predicted octanol–water partition coefficient (Wildman–Crippen LogP) is 3.28. The molecule has 0 bridgehead atoms. The molecular formula is C12H8F3IN2O. The second-order valence-electron chi connectivity index (χ2n) is 3.88. The van der Waals surface area contributed by atoms with Crippen molar-refractivity contribution in [3.05, 3.63) is 51.4 Å². The van der Waals surface area contributed by atoms with Crippen LogP contribution in [0.15, 0.2) is 36.7 Å². The van der Waals surface area contributed by atoms with E-state index in [1.807, 2.05) is 24.3 Å². The van der Waals surface area contributed by atoms with E-state index < -0.39 is 17.5 Å². The Hall–Kier alpha value is -1.38. The van der Waals surface area contributed by atoms with Gasteiger partial charge >= 0.3 is 6.18 Å². The van der Waals surface area contributed by atoms with E-state index in [0.717, 1.165) is 21.5 Å². The smallest absolute Gasteiger partial charge is 0.284 e. The Kier molecular flexibility index (Phi) is 3.93. The van der Waals surface area contributed by atoms with Gasteiger partial charge in [-0.05, 0) is 40.3 Å².